The maximum Gasteiger partial charge on any atom is 0.267 e. The first-order valence-electron chi connectivity index (χ1n) is 7.40. The molecule has 0 fully saturated rings. The topological polar surface area (TPSA) is 93.5 Å². The van der Waals surface area contributed by atoms with E-state index in [1.807, 2.05) is 38.1 Å². The molecule has 1 unspecified atom stereocenters. The summed E-state index contributed by atoms with van der Waals surface area (Å²) in [4.78, 5) is 15.1. The summed E-state index contributed by atoms with van der Waals surface area (Å²) in [5, 5.41) is 14.1. The first kappa shape index (κ1) is 15.8. The highest BCUT2D eigenvalue weighted by Gasteiger charge is 2.27. The van der Waals surface area contributed by atoms with E-state index in [-0.39, 0.29) is 16.7 Å². The molecule has 3 rings (SSSR count). The van der Waals surface area contributed by atoms with Gasteiger partial charge >= 0.3 is 0 Å². The Labute approximate surface area is 129 Å². The predicted molar refractivity (Wildman–Crippen MR) is 88.1 cm³/mol. The Morgan fingerprint density at radius 2 is 2.18 bits per heavy atom. The van der Waals surface area contributed by atoms with Crippen molar-refractivity contribution in [2.45, 2.75) is 32.7 Å². The lowest BCUT2D eigenvalue weighted by molar-refractivity contribution is -0.419. The summed E-state index contributed by atoms with van der Waals surface area (Å²) in [6, 6.07) is 7.38. The molecule has 1 heterocycles. The van der Waals surface area contributed by atoms with Crippen LogP contribution in [0.1, 0.15) is 32.3 Å². The van der Waals surface area contributed by atoms with Crippen LogP contribution in [0.15, 0.2) is 52.8 Å². The van der Waals surface area contributed by atoms with E-state index in [1.54, 1.807) is 12.2 Å². The Balaban J connectivity index is 0.000000847. The van der Waals surface area contributed by atoms with Gasteiger partial charge in [-0.15, -0.1) is 0 Å². The zero-order valence-electron chi connectivity index (χ0n) is 12.7. The van der Waals surface area contributed by atoms with Crippen molar-refractivity contribution < 1.29 is 4.92 Å². The number of aliphatic imine (C=N–C) groups is 1. The quantitative estimate of drug-likeness (QED) is 0.499. The third-order valence-corrected chi connectivity index (χ3v) is 3.37. The van der Waals surface area contributed by atoms with Crippen LogP contribution >= 0.6 is 0 Å². The highest BCUT2D eigenvalue weighted by molar-refractivity contribution is 6.02. The van der Waals surface area contributed by atoms with Gasteiger partial charge < -0.3 is 11.1 Å². The standard InChI is InChI=1S/C14H14N4O2.C2H6/c15-10-4-1-3-9(7-10)14-16-12-6-2-5-11(18(19)20)8-13(12)17-14;1-2/h1,3-5,7-8,12H,2,6,15H2,(H,16,17);1-2H3. The SMILES string of the molecule is CC.Nc1cccc(C2=NC3CCC=C([N+](=O)[O-])C=C3N2)c1. The summed E-state index contributed by atoms with van der Waals surface area (Å²) in [6.45, 7) is 4.00. The summed E-state index contributed by atoms with van der Waals surface area (Å²) in [5.41, 5.74) is 8.23. The van der Waals surface area contributed by atoms with Crippen LogP contribution in [-0.2, 0) is 0 Å². The van der Waals surface area contributed by atoms with Gasteiger partial charge in [0.15, 0.2) is 0 Å². The van der Waals surface area contributed by atoms with Crippen LogP contribution < -0.4 is 11.1 Å². The monoisotopic (exact) mass is 300 g/mol. The molecule has 0 amide bonds. The number of benzene rings is 1. The van der Waals surface area contributed by atoms with E-state index in [9.17, 15) is 10.1 Å². The molecule has 0 saturated heterocycles. The Morgan fingerprint density at radius 1 is 1.41 bits per heavy atom. The molecule has 22 heavy (non-hydrogen) atoms. The molecule has 6 nitrogen and oxygen atoms in total. The summed E-state index contributed by atoms with van der Waals surface area (Å²) < 4.78 is 0. The Bertz CT molecular complexity index is 662. The van der Waals surface area contributed by atoms with Crippen LogP contribution in [0, 0.1) is 10.1 Å². The number of amidine groups is 1. The molecule has 0 bridgehead atoms. The Kier molecular flexibility index (Phi) is 4.93. The second-order valence-corrected chi connectivity index (χ2v) is 4.81. The maximum atomic E-state index is 10.9. The van der Waals surface area contributed by atoms with Crippen LogP contribution in [0.3, 0.4) is 0 Å². The van der Waals surface area contributed by atoms with Gasteiger partial charge in [0.1, 0.15) is 5.84 Å². The van der Waals surface area contributed by atoms with Gasteiger partial charge in [0.2, 0.25) is 0 Å². The molecule has 0 aromatic heterocycles. The second-order valence-electron chi connectivity index (χ2n) is 4.81. The lowest BCUT2D eigenvalue weighted by atomic mass is 10.1. The normalized spacial score (nSPS) is 19.4. The first-order valence-corrected chi connectivity index (χ1v) is 7.40. The van der Waals surface area contributed by atoms with Crippen molar-refractivity contribution in [2.24, 2.45) is 4.99 Å². The fourth-order valence-electron chi connectivity index (χ4n) is 2.40. The number of nitrogens with two attached hydrogens (primary N) is 1. The summed E-state index contributed by atoms with van der Waals surface area (Å²) >= 11 is 0. The molecule has 1 aromatic carbocycles. The largest absolute Gasteiger partial charge is 0.399 e. The number of hydrogen-bond donors (Lipinski definition) is 2. The van der Waals surface area contributed by atoms with Gasteiger partial charge in [-0.3, -0.25) is 15.1 Å². The maximum absolute atomic E-state index is 10.9. The van der Waals surface area contributed by atoms with Crippen molar-refractivity contribution in [1.82, 2.24) is 5.32 Å². The van der Waals surface area contributed by atoms with Gasteiger partial charge in [-0.25, -0.2) is 0 Å². The number of anilines is 1. The summed E-state index contributed by atoms with van der Waals surface area (Å²) in [7, 11) is 0. The number of nitrogen functional groups attached to an aromatic ring is 1. The minimum atomic E-state index is -0.366. The van der Waals surface area contributed by atoms with E-state index < -0.39 is 0 Å². The molecular weight excluding hydrogens is 280 g/mol. The van der Waals surface area contributed by atoms with Crippen molar-refractivity contribution in [3.05, 3.63) is 63.5 Å². The van der Waals surface area contributed by atoms with Crippen molar-refractivity contribution in [1.29, 1.82) is 0 Å². The smallest absolute Gasteiger partial charge is 0.267 e. The first-order chi connectivity index (χ1) is 10.6. The molecule has 6 heteroatoms. The van der Waals surface area contributed by atoms with Gasteiger partial charge in [-0.1, -0.05) is 26.0 Å². The molecule has 1 aromatic rings. The second kappa shape index (κ2) is 6.89. The summed E-state index contributed by atoms with van der Waals surface area (Å²) in [5.74, 6) is 0.721. The molecule has 3 N–H and O–H groups in total. The molecule has 1 aliphatic carbocycles. The van der Waals surface area contributed by atoms with Crippen molar-refractivity contribution >= 4 is 11.5 Å². The van der Waals surface area contributed by atoms with Crippen molar-refractivity contribution in [3.8, 4) is 0 Å². The van der Waals surface area contributed by atoms with Gasteiger partial charge in [-0.2, -0.15) is 0 Å². The fraction of sp³-hybridized carbons (Fsp3) is 0.312. The predicted octanol–water partition coefficient (Wildman–Crippen LogP) is 2.85. The van der Waals surface area contributed by atoms with Crippen molar-refractivity contribution in [2.75, 3.05) is 5.73 Å². The van der Waals surface area contributed by atoms with Crippen LogP contribution in [0.2, 0.25) is 0 Å². The number of hydrogen-bond acceptors (Lipinski definition) is 5. The molecule has 2 aliphatic rings. The van der Waals surface area contributed by atoms with E-state index in [4.69, 9.17) is 5.73 Å². The third-order valence-electron chi connectivity index (χ3n) is 3.37. The molecule has 1 aliphatic heterocycles. The highest BCUT2D eigenvalue weighted by Crippen LogP contribution is 2.24. The Morgan fingerprint density at radius 3 is 2.86 bits per heavy atom. The number of nitro groups is 1. The zero-order valence-corrected chi connectivity index (χ0v) is 12.7. The molecule has 0 saturated carbocycles. The van der Waals surface area contributed by atoms with E-state index in [0.29, 0.717) is 12.1 Å². The number of rotatable bonds is 2. The van der Waals surface area contributed by atoms with E-state index in [2.05, 4.69) is 10.3 Å². The lowest BCUT2D eigenvalue weighted by Gasteiger charge is -2.05. The number of allylic oxidation sites excluding steroid dienone is 2. The third kappa shape index (κ3) is 3.33. The average molecular weight is 300 g/mol. The number of fused-ring (bicyclic) bond motifs is 1. The van der Waals surface area contributed by atoms with Crippen molar-refractivity contribution in [3.63, 3.8) is 0 Å². The highest BCUT2D eigenvalue weighted by atomic mass is 16.6. The van der Waals surface area contributed by atoms with E-state index in [1.165, 1.54) is 0 Å². The van der Waals surface area contributed by atoms with Gasteiger partial charge in [-0.05, 0) is 31.1 Å². The summed E-state index contributed by atoms with van der Waals surface area (Å²) in [6.07, 6.45) is 4.63. The minimum absolute atomic E-state index is 0.0415. The Hall–Kier alpha value is -2.63. The van der Waals surface area contributed by atoms with Gasteiger partial charge in [0.05, 0.1) is 11.0 Å². The molecular formula is C16H20N4O2. The molecule has 116 valence electrons. The molecule has 0 radical (unpaired) electrons. The van der Waals surface area contributed by atoms with Crippen LogP contribution in [-0.4, -0.2) is 16.8 Å². The van der Waals surface area contributed by atoms with E-state index >= 15 is 0 Å². The average Bonchev–Trinajstić information content (AvgIpc) is 2.81. The minimum Gasteiger partial charge on any atom is -0.399 e. The zero-order chi connectivity index (χ0) is 16.1. The van der Waals surface area contributed by atoms with Gasteiger partial charge in [0.25, 0.3) is 5.70 Å². The van der Waals surface area contributed by atoms with Crippen LogP contribution in [0.5, 0.6) is 0 Å². The van der Waals surface area contributed by atoms with Crippen LogP contribution in [0.25, 0.3) is 0 Å². The molecule has 1 atom stereocenters. The van der Waals surface area contributed by atoms with E-state index in [0.717, 1.165) is 23.5 Å². The number of nitrogens with one attached hydrogen (secondary N) is 1. The lowest BCUT2D eigenvalue weighted by Crippen LogP contribution is -2.20. The van der Waals surface area contributed by atoms with Gasteiger partial charge in [0, 0.05) is 23.0 Å². The number of nitrogens with zero attached hydrogens (tertiary/aromatic N) is 2. The fourth-order valence-corrected chi connectivity index (χ4v) is 2.40. The molecule has 0 spiro atoms. The van der Waals surface area contributed by atoms with Crippen LogP contribution in [0.4, 0.5) is 5.69 Å².